The number of nitrogens with zero attached hydrogens (tertiary/aromatic N) is 1. The molecule has 2 aliphatic heterocycles. The number of nitrogens with one attached hydrogen (secondary N) is 1. The van der Waals surface area contributed by atoms with Crippen LogP contribution in [0, 0.1) is 5.92 Å². The predicted molar refractivity (Wildman–Crippen MR) is 112 cm³/mol. The third-order valence-electron chi connectivity index (χ3n) is 5.71. The largest absolute Gasteiger partial charge is 0.442 e. The number of hydrogen-bond acceptors (Lipinski definition) is 5. The van der Waals surface area contributed by atoms with E-state index < -0.39 is 6.10 Å². The topological polar surface area (TPSA) is 77.1 Å². The normalized spacial score (nSPS) is 28.9. The molecule has 2 aliphatic rings. The lowest BCUT2D eigenvalue weighted by atomic mass is 9.87. The highest BCUT2D eigenvalue weighted by Gasteiger charge is 2.33. The monoisotopic (exact) mass is 410 g/mol. The number of amides is 2. The Bertz CT molecular complexity index is 547. The van der Waals surface area contributed by atoms with Crippen LogP contribution in [0.2, 0.25) is 0 Å². The number of morpholine rings is 1. The van der Waals surface area contributed by atoms with Crippen LogP contribution in [-0.2, 0) is 19.0 Å². The number of ether oxygens (including phenoxy) is 3. The average Bonchev–Trinajstić information content (AvgIpc) is 2.70. The van der Waals surface area contributed by atoms with E-state index in [1.54, 1.807) is 17.9 Å². The first-order valence-corrected chi connectivity index (χ1v) is 11.1. The molecule has 1 unspecified atom stereocenters. The first-order chi connectivity index (χ1) is 13.9. The molecule has 2 amide bonds. The summed E-state index contributed by atoms with van der Waals surface area (Å²) in [4.78, 5) is 26.0. The van der Waals surface area contributed by atoms with Gasteiger partial charge in [0.05, 0.1) is 31.5 Å². The molecule has 0 spiro atoms. The van der Waals surface area contributed by atoms with Gasteiger partial charge in [-0.25, -0.2) is 4.79 Å². The van der Waals surface area contributed by atoms with E-state index in [0.717, 1.165) is 12.8 Å². The lowest BCUT2D eigenvalue weighted by Gasteiger charge is -2.39. The summed E-state index contributed by atoms with van der Waals surface area (Å²) in [6, 6.07) is -0.00391. The highest BCUT2D eigenvalue weighted by molar-refractivity contribution is 5.87. The van der Waals surface area contributed by atoms with E-state index in [1.807, 2.05) is 6.92 Å². The molecule has 7 nitrogen and oxygen atoms in total. The summed E-state index contributed by atoms with van der Waals surface area (Å²) in [7, 11) is 0. The van der Waals surface area contributed by atoms with Crippen LogP contribution in [0.1, 0.15) is 59.8 Å². The van der Waals surface area contributed by atoms with Gasteiger partial charge in [-0.1, -0.05) is 33.1 Å². The maximum absolute atomic E-state index is 12.3. The zero-order valence-electron chi connectivity index (χ0n) is 18.4. The van der Waals surface area contributed by atoms with Crippen LogP contribution in [0.15, 0.2) is 12.2 Å². The van der Waals surface area contributed by atoms with Crippen LogP contribution in [0.3, 0.4) is 0 Å². The Morgan fingerprint density at radius 1 is 1.24 bits per heavy atom. The van der Waals surface area contributed by atoms with Crippen molar-refractivity contribution in [1.29, 1.82) is 0 Å². The Hall–Kier alpha value is -1.60. The molecular formula is C22H38N2O5. The van der Waals surface area contributed by atoms with Crippen LogP contribution >= 0.6 is 0 Å². The molecule has 29 heavy (non-hydrogen) atoms. The van der Waals surface area contributed by atoms with Crippen molar-refractivity contribution in [3.8, 4) is 0 Å². The lowest BCUT2D eigenvalue weighted by molar-refractivity contribution is -0.124. The SMILES string of the molecule is CCCCC[C@@H]1O[C@H](C)[C@H](NC(=O)C=CC(C)OC(=O)N2CCOCC2)C[C@@H]1C. The molecule has 0 aliphatic carbocycles. The fourth-order valence-corrected chi connectivity index (χ4v) is 3.85. The van der Waals surface area contributed by atoms with E-state index in [4.69, 9.17) is 14.2 Å². The Balaban J connectivity index is 1.74. The molecule has 2 heterocycles. The van der Waals surface area contributed by atoms with Crippen LogP contribution in [0.5, 0.6) is 0 Å². The number of rotatable bonds is 8. The van der Waals surface area contributed by atoms with Gasteiger partial charge in [0.15, 0.2) is 0 Å². The van der Waals surface area contributed by atoms with Crippen molar-refractivity contribution in [3.05, 3.63) is 12.2 Å². The van der Waals surface area contributed by atoms with Gasteiger partial charge in [0.25, 0.3) is 0 Å². The zero-order chi connectivity index (χ0) is 21.2. The van der Waals surface area contributed by atoms with Crippen molar-refractivity contribution in [2.45, 2.75) is 84.2 Å². The molecule has 7 heteroatoms. The fraction of sp³-hybridized carbons (Fsp3) is 0.818. The van der Waals surface area contributed by atoms with E-state index in [0.29, 0.717) is 32.2 Å². The van der Waals surface area contributed by atoms with E-state index in [2.05, 4.69) is 19.2 Å². The Labute approximate surface area is 175 Å². The van der Waals surface area contributed by atoms with Gasteiger partial charge in [-0.15, -0.1) is 0 Å². The Morgan fingerprint density at radius 2 is 1.97 bits per heavy atom. The van der Waals surface area contributed by atoms with E-state index in [-0.39, 0.29) is 30.3 Å². The summed E-state index contributed by atoms with van der Waals surface area (Å²) in [5.74, 6) is 0.238. The summed E-state index contributed by atoms with van der Waals surface area (Å²) in [5.41, 5.74) is 0. The van der Waals surface area contributed by atoms with Crippen molar-refractivity contribution < 1.29 is 23.8 Å². The molecule has 2 rings (SSSR count). The third kappa shape index (κ3) is 7.97. The average molecular weight is 411 g/mol. The fourth-order valence-electron chi connectivity index (χ4n) is 3.85. The zero-order valence-corrected chi connectivity index (χ0v) is 18.4. The van der Waals surface area contributed by atoms with Crippen molar-refractivity contribution >= 4 is 12.0 Å². The molecular weight excluding hydrogens is 372 g/mol. The molecule has 2 saturated heterocycles. The molecule has 0 radical (unpaired) electrons. The van der Waals surface area contributed by atoms with Crippen LogP contribution < -0.4 is 5.32 Å². The number of hydrogen-bond donors (Lipinski definition) is 1. The molecule has 0 bridgehead atoms. The number of unbranched alkanes of at least 4 members (excludes halogenated alkanes) is 2. The van der Waals surface area contributed by atoms with Crippen LogP contribution in [0.25, 0.3) is 0 Å². The maximum atomic E-state index is 12.3. The van der Waals surface area contributed by atoms with Gasteiger partial charge in [-0.05, 0) is 38.7 Å². The van der Waals surface area contributed by atoms with E-state index in [1.165, 1.54) is 25.3 Å². The molecule has 0 aromatic rings. The Kier molecular flexibility index (Phi) is 9.94. The quantitative estimate of drug-likeness (QED) is 0.491. The highest BCUT2D eigenvalue weighted by Crippen LogP contribution is 2.28. The minimum Gasteiger partial charge on any atom is -0.442 e. The van der Waals surface area contributed by atoms with E-state index in [9.17, 15) is 9.59 Å². The Morgan fingerprint density at radius 3 is 2.66 bits per heavy atom. The molecule has 5 atom stereocenters. The second-order valence-corrected chi connectivity index (χ2v) is 8.25. The molecule has 0 aromatic carbocycles. The van der Waals surface area contributed by atoms with Gasteiger partial charge >= 0.3 is 6.09 Å². The van der Waals surface area contributed by atoms with Gasteiger partial charge in [0.1, 0.15) is 6.10 Å². The summed E-state index contributed by atoms with van der Waals surface area (Å²) in [5, 5.41) is 3.04. The molecule has 1 N–H and O–H groups in total. The number of carbonyl (C=O) groups excluding carboxylic acids is 2. The third-order valence-corrected chi connectivity index (χ3v) is 5.71. The highest BCUT2D eigenvalue weighted by atomic mass is 16.6. The summed E-state index contributed by atoms with van der Waals surface area (Å²) < 4.78 is 16.8. The standard InChI is InChI=1S/C22H38N2O5/c1-5-6-7-8-20-16(2)15-19(18(4)29-20)23-21(25)10-9-17(3)28-22(26)24-11-13-27-14-12-24/h9-10,16-20H,5-8,11-15H2,1-4H3,(H,23,25)/t16-,17?,18+,19+,20-/m0/s1. The molecule has 0 saturated carbocycles. The molecule has 0 aromatic heterocycles. The van der Waals surface area contributed by atoms with Crippen LogP contribution in [-0.4, -0.2) is 67.6 Å². The van der Waals surface area contributed by atoms with Crippen molar-refractivity contribution in [2.24, 2.45) is 5.92 Å². The summed E-state index contributed by atoms with van der Waals surface area (Å²) >= 11 is 0. The van der Waals surface area contributed by atoms with Crippen molar-refractivity contribution in [3.63, 3.8) is 0 Å². The smallest absolute Gasteiger partial charge is 0.410 e. The lowest BCUT2D eigenvalue weighted by Crippen LogP contribution is -2.50. The molecule has 166 valence electrons. The van der Waals surface area contributed by atoms with Crippen molar-refractivity contribution in [2.75, 3.05) is 26.3 Å². The van der Waals surface area contributed by atoms with Gasteiger partial charge in [0.2, 0.25) is 5.91 Å². The van der Waals surface area contributed by atoms with Crippen molar-refractivity contribution in [1.82, 2.24) is 10.2 Å². The van der Waals surface area contributed by atoms with Crippen LogP contribution in [0.4, 0.5) is 4.79 Å². The van der Waals surface area contributed by atoms with Gasteiger partial charge < -0.3 is 24.4 Å². The van der Waals surface area contributed by atoms with Gasteiger partial charge in [-0.3, -0.25) is 4.79 Å². The second kappa shape index (κ2) is 12.2. The minimum atomic E-state index is -0.474. The maximum Gasteiger partial charge on any atom is 0.410 e. The summed E-state index contributed by atoms with van der Waals surface area (Å²) in [6.45, 7) is 10.3. The van der Waals surface area contributed by atoms with E-state index >= 15 is 0 Å². The number of carbonyl (C=O) groups is 2. The summed E-state index contributed by atoms with van der Waals surface area (Å²) in [6.07, 6.45) is 8.13. The van der Waals surface area contributed by atoms with Gasteiger partial charge in [0, 0.05) is 19.2 Å². The second-order valence-electron chi connectivity index (χ2n) is 8.25. The first kappa shape index (κ1) is 23.7. The minimum absolute atomic E-state index is 0.00391. The predicted octanol–water partition coefficient (Wildman–Crippen LogP) is 3.28. The molecule has 2 fully saturated rings. The first-order valence-electron chi connectivity index (χ1n) is 11.1. The van der Waals surface area contributed by atoms with Gasteiger partial charge in [-0.2, -0.15) is 0 Å².